The molecule has 1 aromatic rings. The molecule has 0 fully saturated rings. The van der Waals surface area contributed by atoms with Crippen molar-refractivity contribution >= 4 is 11.9 Å². The molecule has 0 bridgehead atoms. The Balaban J connectivity index is 3.08. The number of hydrogen-bond acceptors (Lipinski definition) is 4. The monoisotopic (exact) mass is 347 g/mol. The molecule has 8 heteroatoms. The molecule has 1 aromatic carbocycles. The molecule has 1 amide bonds. The van der Waals surface area contributed by atoms with Crippen LogP contribution in [0.5, 0.6) is 5.75 Å². The molecular formula is C16H20F3NO4. The van der Waals surface area contributed by atoms with Crippen LogP contribution in [0, 0.1) is 0 Å². The normalized spacial score (nSPS) is 13.3. The summed E-state index contributed by atoms with van der Waals surface area (Å²) < 4.78 is 43.2. The van der Waals surface area contributed by atoms with Crippen LogP contribution in [-0.2, 0) is 20.7 Å². The molecule has 0 spiro atoms. The highest BCUT2D eigenvalue weighted by Crippen LogP contribution is 2.22. The van der Waals surface area contributed by atoms with Crippen LogP contribution in [0.3, 0.4) is 0 Å². The average Bonchev–Trinajstić information content (AvgIpc) is 2.42. The van der Waals surface area contributed by atoms with Gasteiger partial charge in [0.2, 0.25) is 0 Å². The lowest BCUT2D eigenvalue weighted by Crippen LogP contribution is -2.50. The van der Waals surface area contributed by atoms with Crippen LogP contribution in [-0.4, -0.2) is 46.7 Å². The van der Waals surface area contributed by atoms with Crippen molar-refractivity contribution in [2.24, 2.45) is 0 Å². The van der Waals surface area contributed by atoms with Crippen LogP contribution in [0.25, 0.3) is 0 Å². The molecule has 0 aliphatic heterocycles. The van der Waals surface area contributed by atoms with Gasteiger partial charge in [-0.05, 0) is 38.5 Å². The lowest BCUT2D eigenvalue weighted by molar-refractivity contribution is -0.190. The number of nitrogens with zero attached hydrogens (tertiary/aromatic N) is 1. The largest absolute Gasteiger partial charge is 0.508 e. The maximum Gasteiger partial charge on any atom is 0.471 e. The van der Waals surface area contributed by atoms with Crippen LogP contribution in [0.4, 0.5) is 13.2 Å². The number of ether oxygens (including phenoxy) is 1. The van der Waals surface area contributed by atoms with Crippen LogP contribution >= 0.6 is 0 Å². The summed E-state index contributed by atoms with van der Waals surface area (Å²) in [4.78, 5) is 24.1. The lowest BCUT2D eigenvalue weighted by Gasteiger charge is -2.30. The fourth-order valence-corrected chi connectivity index (χ4v) is 1.94. The van der Waals surface area contributed by atoms with Crippen molar-refractivity contribution in [3.8, 4) is 5.75 Å². The molecule has 0 saturated carbocycles. The molecule has 24 heavy (non-hydrogen) atoms. The van der Waals surface area contributed by atoms with Crippen molar-refractivity contribution in [3.63, 3.8) is 0 Å². The Labute approximate surface area is 138 Å². The SMILES string of the molecule is CN(C(=O)C(F)(F)F)[C@@H](Cc1ccc(O)cc1)C(=O)OC(C)(C)C. The molecule has 0 aromatic heterocycles. The Morgan fingerprint density at radius 1 is 1.17 bits per heavy atom. The van der Waals surface area contributed by atoms with Gasteiger partial charge in [-0.15, -0.1) is 0 Å². The zero-order valence-electron chi connectivity index (χ0n) is 13.8. The Hall–Kier alpha value is -2.25. The van der Waals surface area contributed by atoms with Crippen LogP contribution in [0.15, 0.2) is 24.3 Å². The lowest BCUT2D eigenvalue weighted by atomic mass is 10.0. The van der Waals surface area contributed by atoms with Gasteiger partial charge in [0.15, 0.2) is 0 Å². The van der Waals surface area contributed by atoms with Gasteiger partial charge in [0, 0.05) is 13.5 Å². The second-order valence-electron chi connectivity index (χ2n) is 6.33. The molecule has 0 radical (unpaired) electrons. The third-order valence-corrected chi connectivity index (χ3v) is 3.07. The second kappa shape index (κ2) is 7.11. The Bertz CT molecular complexity index is 591. The Morgan fingerprint density at radius 2 is 1.67 bits per heavy atom. The summed E-state index contributed by atoms with van der Waals surface area (Å²) in [6, 6.07) is 4.15. The van der Waals surface area contributed by atoms with Crippen molar-refractivity contribution in [1.29, 1.82) is 0 Å². The number of carbonyl (C=O) groups is 2. The molecule has 1 N–H and O–H groups in total. The predicted molar refractivity (Wildman–Crippen MR) is 80.3 cm³/mol. The quantitative estimate of drug-likeness (QED) is 0.851. The van der Waals surface area contributed by atoms with Gasteiger partial charge in [-0.25, -0.2) is 4.79 Å². The first-order valence-electron chi connectivity index (χ1n) is 7.16. The zero-order valence-corrected chi connectivity index (χ0v) is 13.8. The minimum absolute atomic E-state index is 0.0210. The first-order chi connectivity index (χ1) is 10.8. The van der Waals surface area contributed by atoms with Gasteiger partial charge in [-0.2, -0.15) is 13.2 Å². The number of carbonyl (C=O) groups excluding carboxylic acids is 2. The van der Waals surface area contributed by atoms with Crippen LogP contribution < -0.4 is 0 Å². The van der Waals surface area contributed by atoms with Crippen LogP contribution in [0.2, 0.25) is 0 Å². The minimum atomic E-state index is -5.09. The summed E-state index contributed by atoms with van der Waals surface area (Å²) >= 11 is 0. The third-order valence-electron chi connectivity index (χ3n) is 3.07. The molecule has 0 aliphatic carbocycles. The number of rotatable bonds is 4. The fourth-order valence-electron chi connectivity index (χ4n) is 1.94. The van der Waals surface area contributed by atoms with Gasteiger partial charge < -0.3 is 14.7 Å². The smallest absolute Gasteiger partial charge is 0.471 e. The summed E-state index contributed by atoms with van der Waals surface area (Å²) in [6.45, 7) is 4.73. The number of halogens is 3. The molecule has 0 aliphatic rings. The van der Waals surface area contributed by atoms with E-state index in [1.807, 2.05) is 0 Å². The molecule has 1 rings (SSSR count). The van der Waals surface area contributed by atoms with Crippen molar-refractivity contribution < 1.29 is 32.6 Å². The highest BCUT2D eigenvalue weighted by atomic mass is 19.4. The van der Waals surface area contributed by atoms with E-state index in [-0.39, 0.29) is 12.2 Å². The first kappa shape index (κ1) is 19.8. The second-order valence-corrected chi connectivity index (χ2v) is 6.33. The zero-order chi connectivity index (χ0) is 18.7. The van der Waals surface area contributed by atoms with Gasteiger partial charge in [0.25, 0.3) is 0 Å². The van der Waals surface area contributed by atoms with Crippen molar-refractivity contribution in [2.45, 2.75) is 45.0 Å². The van der Waals surface area contributed by atoms with E-state index in [1.54, 1.807) is 20.8 Å². The van der Waals surface area contributed by atoms with Crippen LogP contribution in [0.1, 0.15) is 26.3 Å². The van der Waals surface area contributed by atoms with Gasteiger partial charge in [-0.1, -0.05) is 12.1 Å². The number of aromatic hydroxyl groups is 1. The summed E-state index contributed by atoms with van der Waals surface area (Å²) in [5, 5.41) is 9.25. The number of phenolic OH excluding ortho intramolecular Hbond substituents is 1. The van der Waals surface area contributed by atoms with E-state index in [9.17, 15) is 27.9 Å². The number of likely N-dealkylation sites (N-methyl/N-ethyl adjacent to an activating group) is 1. The number of hydrogen-bond donors (Lipinski definition) is 1. The van der Waals surface area contributed by atoms with Gasteiger partial charge in [-0.3, -0.25) is 4.79 Å². The number of amides is 1. The van der Waals surface area contributed by atoms with E-state index in [2.05, 4.69) is 0 Å². The Morgan fingerprint density at radius 3 is 2.08 bits per heavy atom. The van der Waals surface area contributed by atoms with Crippen molar-refractivity contribution in [2.75, 3.05) is 7.05 Å². The summed E-state index contributed by atoms with van der Waals surface area (Å²) in [7, 11) is 0.908. The number of benzene rings is 1. The van der Waals surface area contributed by atoms with E-state index in [0.717, 1.165) is 7.05 Å². The maximum absolute atomic E-state index is 12.7. The third kappa shape index (κ3) is 5.75. The minimum Gasteiger partial charge on any atom is -0.508 e. The van der Waals surface area contributed by atoms with E-state index < -0.39 is 29.7 Å². The summed E-state index contributed by atoms with van der Waals surface area (Å²) in [5.74, 6) is -3.08. The molecule has 134 valence electrons. The number of alkyl halides is 3. The Kier molecular flexibility index (Phi) is 5.86. The standard InChI is InChI=1S/C16H20F3NO4/c1-15(2,3)24-13(22)12(20(4)14(23)16(17,18)19)9-10-5-7-11(21)8-6-10/h5-8,12,21H,9H2,1-4H3/t12-/m0/s1. The topological polar surface area (TPSA) is 66.8 Å². The average molecular weight is 347 g/mol. The van der Waals surface area contributed by atoms with Gasteiger partial charge in [0.1, 0.15) is 17.4 Å². The first-order valence-corrected chi connectivity index (χ1v) is 7.16. The highest BCUT2D eigenvalue weighted by molar-refractivity contribution is 5.87. The summed E-state index contributed by atoms with van der Waals surface area (Å²) in [5.41, 5.74) is -0.433. The van der Waals surface area contributed by atoms with E-state index in [4.69, 9.17) is 4.74 Å². The molecule has 1 atom stereocenters. The van der Waals surface area contributed by atoms with Crippen molar-refractivity contribution in [1.82, 2.24) is 4.90 Å². The summed E-state index contributed by atoms with van der Waals surface area (Å²) in [6.07, 6.45) is -5.27. The van der Waals surface area contributed by atoms with E-state index in [1.165, 1.54) is 24.3 Å². The molecule has 5 nitrogen and oxygen atoms in total. The fraction of sp³-hybridized carbons (Fsp3) is 0.500. The predicted octanol–water partition coefficient (Wildman–Crippen LogP) is 2.67. The maximum atomic E-state index is 12.7. The van der Waals surface area contributed by atoms with Gasteiger partial charge in [0.05, 0.1) is 0 Å². The van der Waals surface area contributed by atoms with Crippen molar-refractivity contribution in [3.05, 3.63) is 29.8 Å². The highest BCUT2D eigenvalue weighted by Gasteiger charge is 2.45. The molecule has 0 heterocycles. The molecule has 0 saturated heterocycles. The number of esters is 1. The molecular weight excluding hydrogens is 327 g/mol. The van der Waals surface area contributed by atoms with E-state index >= 15 is 0 Å². The van der Waals surface area contributed by atoms with E-state index in [0.29, 0.717) is 10.5 Å². The van der Waals surface area contributed by atoms with Gasteiger partial charge >= 0.3 is 18.1 Å². The molecule has 0 unspecified atom stereocenters. The number of phenols is 1.